The van der Waals surface area contributed by atoms with Crippen molar-refractivity contribution in [2.24, 2.45) is 5.92 Å². The molecular formula is C26H24F3N3O3. The second kappa shape index (κ2) is 9.13. The molecular weight excluding hydrogens is 459 g/mol. The number of benzene rings is 2. The number of rotatable bonds is 4. The van der Waals surface area contributed by atoms with E-state index in [1.165, 1.54) is 12.3 Å². The van der Waals surface area contributed by atoms with Gasteiger partial charge in [0, 0.05) is 31.9 Å². The lowest BCUT2D eigenvalue weighted by atomic mass is 9.82. The number of hydrogen-bond acceptors (Lipinski definition) is 4. The molecule has 2 atom stereocenters. The first kappa shape index (κ1) is 23.0. The Morgan fingerprint density at radius 2 is 1.83 bits per heavy atom. The van der Waals surface area contributed by atoms with Crippen LogP contribution in [0.25, 0.3) is 0 Å². The van der Waals surface area contributed by atoms with Crippen LogP contribution in [0.1, 0.15) is 27.2 Å². The molecule has 9 heteroatoms. The van der Waals surface area contributed by atoms with Gasteiger partial charge in [0.1, 0.15) is 0 Å². The number of carbonyl (C=O) groups excluding carboxylic acids is 2. The highest BCUT2D eigenvalue weighted by Gasteiger charge is 2.43. The zero-order chi connectivity index (χ0) is 24.6. The standard InChI is InChI=1S/C26H24F3N3O3/c27-26(28,29)19-8-9-21-18(13-19)14-20(24(33)30-15-17-5-2-1-3-6-17)22-16-31(10-11-32(21)22)25(34)23-7-4-12-35-23/h1-9,12-13,20,22H,10-11,14-16H2,(H,30,33)/t20-,22-/m0/s1. The predicted molar refractivity (Wildman–Crippen MR) is 123 cm³/mol. The molecule has 1 saturated heterocycles. The molecule has 2 aliphatic rings. The molecule has 2 amide bonds. The van der Waals surface area contributed by atoms with Gasteiger partial charge in [-0.15, -0.1) is 0 Å². The van der Waals surface area contributed by atoms with Crippen molar-refractivity contribution in [3.05, 3.63) is 89.4 Å². The maximum absolute atomic E-state index is 13.4. The predicted octanol–water partition coefficient (Wildman–Crippen LogP) is 4.12. The summed E-state index contributed by atoms with van der Waals surface area (Å²) in [6.45, 7) is 1.35. The zero-order valence-corrected chi connectivity index (χ0v) is 18.8. The number of alkyl halides is 3. The highest BCUT2D eigenvalue weighted by molar-refractivity contribution is 5.92. The summed E-state index contributed by atoms with van der Waals surface area (Å²) >= 11 is 0. The van der Waals surface area contributed by atoms with Crippen molar-refractivity contribution in [1.82, 2.24) is 10.2 Å². The fraction of sp³-hybridized carbons (Fsp3) is 0.308. The topological polar surface area (TPSA) is 65.8 Å². The van der Waals surface area contributed by atoms with E-state index in [1.807, 2.05) is 35.2 Å². The summed E-state index contributed by atoms with van der Waals surface area (Å²) in [4.78, 5) is 29.9. The van der Waals surface area contributed by atoms with Crippen molar-refractivity contribution in [2.45, 2.75) is 25.2 Å². The maximum atomic E-state index is 13.4. The molecule has 3 heterocycles. The first-order valence-electron chi connectivity index (χ1n) is 11.4. The number of anilines is 1. The fourth-order valence-electron chi connectivity index (χ4n) is 4.96. The van der Waals surface area contributed by atoms with Crippen LogP contribution in [0.4, 0.5) is 18.9 Å². The van der Waals surface area contributed by atoms with Crippen LogP contribution < -0.4 is 10.2 Å². The van der Waals surface area contributed by atoms with Gasteiger partial charge in [0.05, 0.1) is 23.8 Å². The molecule has 0 aliphatic carbocycles. The molecule has 5 rings (SSSR count). The Labute approximate surface area is 200 Å². The molecule has 1 aromatic heterocycles. The molecule has 1 fully saturated rings. The van der Waals surface area contributed by atoms with Gasteiger partial charge in [-0.05, 0) is 47.9 Å². The summed E-state index contributed by atoms with van der Waals surface area (Å²) in [5.41, 5.74) is 1.36. The number of fused-ring (bicyclic) bond motifs is 3. The van der Waals surface area contributed by atoms with Gasteiger partial charge in [-0.25, -0.2) is 0 Å². The van der Waals surface area contributed by atoms with E-state index in [9.17, 15) is 22.8 Å². The normalized spacial score (nSPS) is 19.6. The lowest BCUT2D eigenvalue weighted by Crippen LogP contribution is -2.62. The minimum atomic E-state index is -4.47. The van der Waals surface area contributed by atoms with Gasteiger partial charge >= 0.3 is 6.18 Å². The Hall–Kier alpha value is -3.75. The summed E-state index contributed by atoms with van der Waals surface area (Å²) in [5.74, 6) is -0.924. The third-order valence-corrected chi connectivity index (χ3v) is 6.70. The van der Waals surface area contributed by atoms with Crippen molar-refractivity contribution >= 4 is 17.5 Å². The Bertz CT molecular complexity index is 1210. The Morgan fingerprint density at radius 1 is 1.03 bits per heavy atom. The van der Waals surface area contributed by atoms with Crippen LogP contribution in [0.2, 0.25) is 0 Å². The SMILES string of the molecule is O=C(NCc1ccccc1)[C@H]1Cc2cc(C(F)(F)F)ccc2N2CCN(C(=O)c3ccco3)C[C@@H]12. The molecule has 0 spiro atoms. The van der Waals surface area contributed by atoms with Crippen LogP contribution in [0.5, 0.6) is 0 Å². The number of amides is 2. The largest absolute Gasteiger partial charge is 0.459 e. The molecule has 1 N–H and O–H groups in total. The van der Waals surface area contributed by atoms with Gasteiger partial charge in [0.25, 0.3) is 5.91 Å². The van der Waals surface area contributed by atoms with Gasteiger partial charge in [0.15, 0.2) is 5.76 Å². The summed E-state index contributed by atoms with van der Waals surface area (Å²) in [6.07, 6.45) is -2.88. The van der Waals surface area contributed by atoms with Gasteiger partial charge in [-0.2, -0.15) is 13.2 Å². The van der Waals surface area contributed by atoms with E-state index in [-0.39, 0.29) is 36.6 Å². The van der Waals surface area contributed by atoms with E-state index in [2.05, 4.69) is 5.32 Å². The maximum Gasteiger partial charge on any atom is 0.416 e. The van der Waals surface area contributed by atoms with Crippen LogP contribution >= 0.6 is 0 Å². The Morgan fingerprint density at radius 3 is 2.54 bits per heavy atom. The van der Waals surface area contributed by atoms with Gasteiger partial charge < -0.3 is 19.5 Å². The van der Waals surface area contributed by atoms with E-state index in [1.54, 1.807) is 17.0 Å². The number of hydrogen-bond donors (Lipinski definition) is 1. The van der Waals surface area contributed by atoms with Gasteiger partial charge in [0.2, 0.25) is 5.91 Å². The molecule has 6 nitrogen and oxygen atoms in total. The van der Waals surface area contributed by atoms with Crippen LogP contribution in [0.15, 0.2) is 71.3 Å². The van der Waals surface area contributed by atoms with Crippen molar-refractivity contribution in [3.63, 3.8) is 0 Å². The first-order valence-corrected chi connectivity index (χ1v) is 11.4. The minimum absolute atomic E-state index is 0.157. The second-order valence-corrected chi connectivity index (χ2v) is 8.84. The highest BCUT2D eigenvalue weighted by Crippen LogP contribution is 2.40. The third kappa shape index (κ3) is 4.62. The van der Waals surface area contributed by atoms with Gasteiger partial charge in [-0.1, -0.05) is 30.3 Å². The zero-order valence-electron chi connectivity index (χ0n) is 18.8. The van der Waals surface area contributed by atoms with E-state index in [0.717, 1.165) is 17.7 Å². The summed E-state index contributed by atoms with van der Waals surface area (Å²) in [7, 11) is 0. The fourth-order valence-corrected chi connectivity index (χ4v) is 4.96. The molecule has 0 unspecified atom stereocenters. The average molecular weight is 483 g/mol. The summed E-state index contributed by atoms with van der Waals surface area (Å²) in [5, 5.41) is 2.94. The number of nitrogens with one attached hydrogen (secondary N) is 1. The molecule has 2 aromatic carbocycles. The van der Waals surface area contributed by atoms with Crippen molar-refractivity contribution in [2.75, 3.05) is 24.5 Å². The van der Waals surface area contributed by atoms with Gasteiger partial charge in [-0.3, -0.25) is 9.59 Å². The Balaban J connectivity index is 1.43. The van der Waals surface area contributed by atoms with Crippen LogP contribution in [-0.4, -0.2) is 42.4 Å². The van der Waals surface area contributed by atoms with E-state index in [0.29, 0.717) is 30.9 Å². The molecule has 3 aromatic rings. The lowest BCUT2D eigenvalue weighted by molar-refractivity contribution is -0.137. The molecule has 35 heavy (non-hydrogen) atoms. The van der Waals surface area contributed by atoms with Crippen molar-refractivity contribution in [3.8, 4) is 0 Å². The number of nitrogens with zero attached hydrogens (tertiary/aromatic N) is 2. The average Bonchev–Trinajstić information content (AvgIpc) is 3.41. The quantitative estimate of drug-likeness (QED) is 0.607. The van der Waals surface area contributed by atoms with Crippen LogP contribution in [0.3, 0.4) is 0 Å². The number of halogens is 3. The molecule has 0 saturated carbocycles. The number of furan rings is 1. The number of piperazine rings is 1. The molecule has 0 radical (unpaired) electrons. The molecule has 0 bridgehead atoms. The molecule has 182 valence electrons. The van der Waals surface area contributed by atoms with E-state index >= 15 is 0 Å². The van der Waals surface area contributed by atoms with E-state index in [4.69, 9.17) is 4.42 Å². The van der Waals surface area contributed by atoms with Crippen molar-refractivity contribution < 1.29 is 27.2 Å². The monoisotopic (exact) mass is 483 g/mol. The second-order valence-electron chi connectivity index (χ2n) is 8.84. The smallest absolute Gasteiger partial charge is 0.416 e. The minimum Gasteiger partial charge on any atom is -0.459 e. The van der Waals surface area contributed by atoms with Crippen molar-refractivity contribution in [1.29, 1.82) is 0 Å². The first-order chi connectivity index (χ1) is 16.8. The van der Waals surface area contributed by atoms with Crippen LogP contribution in [-0.2, 0) is 23.9 Å². The highest BCUT2D eigenvalue weighted by atomic mass is 19.4. The van der Waals surface area contributed by atoms with E-state index < -0.39 is 17.7 Å². The third-order valence-electron chi connectivity index (χ3n) is 6.70. The Kier molecular flexibility index (Phi) is 6.00. The number of carbonyl (C=O) groups is 2. The summed E-state index contributed by atoms with van der Waals surface area (Å²) < 4.78 is 45.4. The summed E-state index contributed by atoms with van der Waals surface area (Å²) in [6, 6.07) is 16.0. The molecule has 2 aliphatic heterocycles. The van der Waals surface area contributed by atoms with Crippen LogP contribution in [0, 0.1) is 5.92 Å². The lowest BCUT2D eigenvalue weighted by Gasteiger charge is -2.49.